The van der Waals surface area contributed by atoms with Gasteiger partial charge in [-0.1, -0.05) is 6.07 Å². The van der Waals surface area contributed by atoms with Crippen molar-refractivity contribution in [2.75, 3.05) is 13.1 Å². The fourth-order valence-corrected chi connectivity index (χ4v) is 1.67. The van der Waals surface area contributed by atoms with Crippen molar-refractivity contribution in [3.63, 3.8) is 0 Å². The summed E-state index contributed by atoms with van der Waals surface area (Å²) in [5.74, 6) is -2.35. The molecule has 21 heavy (non-hydrogen) atoms. The average molecular weight is 314 g/mol. The summed E-state index contributed by atoms with van der Waals surface area (Å²) in [7, 11) is 0. The summed E-state index contributed by atoms with van der Waals surface area (Å²) in [6, 6.07) is 2.97. The second-order valence-electron chi connectivity index (χ2n) is 4.31. The third-order valence-corrected chi connectivity index (χ3v) is 2.68. The van der Waals surface area contributed by atoms with E-state index in [2.05, 4.69) is 4.98 Å². The molecule has 1 aromatic rings. The Hall–Kier alpha value is -2.00. The summed E-state index contributed by atoms with van der Waals surface area (Å²) in [5, 5.41) is 0. The van der Waals surface area contributed by atoms with E-state index in [1.165, 1.54) is 0 Å². The number of rotatable bonds is 2. The topological polar surface area (TPSA) is 42.4 Å². The van der Waals surface area contributed by atoms with Gasteiger partial charge in [-0.2, -0.15) is 26.3 Å². The molecule has 1 aliphatic heterocycles. The molecule has 4 nitrogen and oxygen atoms in total. The van der Waals surface area contributed by atoms with Gasteiger partial charge in [0.1, 0.15) is 11.8 Å². The molecule has 1 saturated heterocycles. The Balaban J connectivity index is 1.93. The normalized spacial score (nSPS) is 16.6. The van der Waals surface area contributed by atoms with Gasteiger partial charge in [-0.15, -0.1) is 0 Å². The number of hydrogen-bond donors (Lipinski definition) is 0. The van der Waals surface area contributed by atoms with E-state index in [1.54, 1.807) is 0 Å². The van der Waals surface area contributed by atoms with Crippen LogP contribution in [-0.4, -0.2) is 41.2 Å². The summed E-state index contributed by atoms with van der Waals surface area (Å²) < 4.78 is 78.5. The second-order valence-corrected chi connectivity index (χ2v) is 4.31. The molecule has 0 saturated carbocycles. The van der Waals surface area contributed by atoms with Crippen molar-refractivity contribution >= 4 is 5.91 Å². The maximum absolute atomic E-state index is 12.4. The van der Waals surface area contributed by atoms with Gasteiger partial charge in [-0.25, -0.2) is 4.98 Å². The van der Waals surface area contributed by atoms with Crippen molar-refractivity contribution < 1.29 is 35.9 Å². The highest BCUT2D eigenvalue weighted by atomic mass is 19.4. The highest BCUT2D eigenvalue weighted by Crippen LogP contribution is 2.29. The Kier molecular flexibility index (Phi) is 3.72. The molecule has 1 amide bonds. The Morgan fingerprint density at radius 1 is 1.19 bits per heavy atom. The SMILES string of the molecule is O=C(N1CC(Oc2cccc(C(F)(F)F)n2)C1)C(F)(F)F. The molecule has 116 valence electrons. The Morgan fingerprint density at radius 3 is 2.33 bits per heavy atom. The number of amides is 1. The van der Waals surface area contributed by atoms with E-state index in [0.29, 0.717) is 4.90 Å². The third-order valence-electron chi connectivity index (χ3n) is 2.68. The molecule has 0 aromatic carbocycles. The number of carbonyl (C=O) groups excluding carboxylic acids is 1. The minimum atomic E-state index is -4.97. The molecule has 10 heteroatoms. The summed E-state index contributed by atoms with van der Waals surface area (Å²) in [4.78, 5) is 14.5. The van der Waals surface area contributed by atoms with E-state index in [-0.39, 0.29) is 19.0 Å². The van der Waals surface area contributed by atoms with Crippen molar-refractivity contribution in [1.29, 1.82) is 0 Å². The smallest absolute Gasteiger partial charge is 0.471 e. The number of ether oxygens (including phenoxy) is 1. The Morgan fingerprint density at radius 2 is 1.81 bits per heavy atom. The van der Waals surface area contributed by atoms with Gasteiger partial charge >= 0.3 is 18.3 Å². The number of aromatic nitrogens is 1. The van der Waals surface area contributed by atoms with Crippen LogP contribution in [-0.2, 0) is 11.0 Å². The summed E-state index contributed by atoms with van der Waals surface area (Å²) in [6.45, 7) is -0.702. The van der Waals surface area contributed by atoms with Gasteiger partial charge < -0.3 is 9.64 Å². The number of likely N-dealkylation sites (tertiary alicyclic amines) is 1. The first-order chi connectivity index (χ1) is 9.57. The van der Waals surface area contributed by atoms with Crippen molar-refractivity contribution in [2.45, 2.75) is 18.5 Å². The first-order valence-corrected chi connectivity index (χ1v) is 5.64. The molecule has 0 N–H and O–H groups in total. The van der Waals surface area contributed by atoms with Crippen LogP contribution in [0.2, 0.25) is 0 Å². The van der Waals surface area contributed by atoms with Crippen molar-refractivity contribution in [1.82, 2.24) is 9.88 Å². The zero-order valence-corrected chi connectivity index (χ0v) is 10.2. The highest BCUT2D eigenvalue weighted by molar-refractivity contribution is 5.82. The first-order valence-electron chi connectivity index (χ1n) is 5.64. The van der Waals surface area contributed by atoms with Crippen LogP contribution in [0.25, 0.3) is 0 Å². The lowest BCUT2D eigenvalue weighted by molar-refractivity contribution is -0.193. The fourth-order valence-electron chi connectivity index (χ4n) is 1.67. The van der Waals surface area contributed by atoms with Crippen LogP contribution in [0.4, 0.5) is 26.3 Å². The molecule has 0 unspecified atom stereocenters. The van der Waals surface area contributed by atoms with Crippen LogP contribution in [0.3, 0.4) is 0 Å². The second kappa shape index (κ2) is 5.08. The molecule has 1 aromatic heterocycles. The van der Waals surface area contributed by atoms with Crippen LogP contribution in [0, 0.1) is 0 Å². The van der Waals surface area contributed by atoms with Crippen molar-refractivity contribution in [2.24, 2.45) is 0 Å². The maximum Gasteiger partial charge on any atom is 0.471 e. The minimum absolute atomic E-state index is 0.351. The van der Waals surface area contributed by atoms with Crippen molar-refractivity contribution in [3.05, 3.63) is 23.9 Å². The van der Waals surface area contributed by atoms with Crippen LogP contribution in [0.1, 0.15) is 5.69 Å². The largest absolute Gasteiger partial charge is 0.471 e. The quantitative estimate of drug-likeness (QED) is 0.786. The number of nitrogens with zero attached hydrogens (tertiary/aromatic N) is 2. The van der Waals surface area contributed by atoms with Crippen LogP contribution in [0.5, 0.6) is 5.88 Å². The summed E-state index contributed by atoms with van der Waals surface area (Å²) >= 11 is 0. The molecule has 0 aliphatic carbocycles. The van der Waals surface area contributed by atoms with Crippen LogP contribution in [0.15, 0.2) is 18.2 Å². The molecular weight excluding hydrogens is 306 g/mol. The number of halogens is 6. The molecule has 0 bridgehead atoms. The zero-order chi connectivity index (χ0) is 15.8. The molecule has 0 spiro atoms. The molecule has 1 aliphatic rings. The van der Waals surface area contributed by atoms with Gasteiger partial charge in [-0.3, -0.25) is 4.79 Å². The Labute approximate surface area is 114 Å². The van der Waals surface area contributed by atoms with E-state index >= 15 is 0 Å². The Bertz CT molecular complexity index is 536. The van der Waals surface area contributed by atoms with E-state index in [4.69, 9.17) is 4.74 Å². The van der Waals surface area contributed by atoms with Gasteiger partial charge in [0.2, 0.25) is 5.88 Å². The summed E-state index contributed by atoms with van der Waals surface area (Å²) in [6.07, 6.45) is -10.4. The van der Waals surface area contributed by atoms with Crippen molar-refractivity contribution in [3.8, 4) is 5.88 Å². The van der Waals surface area contributed by atoms with Gasteiger partial charge in [0.15, 0.2) is 0 Å². The van der Waals surface area contributed by atoms with E-state index in [9.17, 15) is 31.1 Å². The van der Waals surface area contributed by atoms with E-state index in [1.807, 2.05) is 0 Å². The number of carbonyl (C=O) groups is 1. The maximum atomic E-state index is 12.4. The highest BCUT2D eigenvalue weighted by Gasteiger charge is 2.47. The van der Waals surface area contributed by atoms with Gasteiger partial charge in [0.25, 0.3) is 0 Å². The number of hydrogen-bond acceptors (Lipinski definition) is 3. The predicted octanol–water partition coefficient (Wildman–Crippen LogP) is 2.25. The lowest BCUT2D eigenvalue weighted by Gasteiger charge is -2.38. The van der Waals surface area contributed by atoms with Crippen LogP contribution >= 0.6 is 0 Å². The predicted molar refractivity (Wildman–Crippen MR) is 56.3 cm³/mol. The van der Waals surface area contributed by atoms with Gasteiger partial charge in [0, 0.05) is 6.07 Å². The van der Waals surface area contributed by atoms with E-state index < -0.39 is 30.1 Å². The molecule has 2 heterocycles. The fraction of sp³-hybridized carbons (Fsp3) is 0.455. The summed E-state index contributed by atoms with van der Waals surface area (Å²) in [5.41, 5.74) is -1.16. The van der Waals surface area contributed by atoms with Gasteiger partial charge in [-0.05, 0) is 6.07 Å². The average Bonchev–Trinajstić information content (AvgIpc) is 2.30. The van der Waals surface area contributed by atoms with Gasteiger partial charge in [0.05, 0.1) is 13.1 Å². The minimum Gasteiger partial charge on any atom is -0.471 e. The molecule has 0 atom stereocenters. The third kappa shape index (κ3) is 3.56. The molecule has 1 fully saturated rings. The number of alkyl halides is 6. The van der Waals surface area contributed by atoms with Crippen LogP contribution < -0.4 is 4.74 Å². The molecule has 2 rings (SSSR count). The standard InChI is InChI=1S/C11H8F6N2O2/c12-10(13,14)7-2-1-3-8(18-7)21-6-4-19(5-6)9(20)11(15,16)17/h1-3,6H,4-5H2. The lowest BCUT2D eigenvalue weighted by atomic mass is 10.1. The molecular formula is C11H8F6N2O2. The molecule has 0 radical (unpaired) electrons. The first kappa shape index (κ1) is 15.4. The zero-order valence-electron chi connectivity index (χ0n) is 10.2. The number of pyridine rings is 1. The van der Waals surface area contributed by atoms with E-state index in [0.717, 1.165) is 18.2 Å². The monoisotopic (exact) mass is 314 g/mol. The lowest BCUT2D eigenvalue weighted by Crippen LogP contribution is -2.59.